The third-order valence-electron chi connectivity index (χ3n) is 3.12. The van der Waals surface area contributed by atoms with E-state index in [1.54, 1.807) is 11.9 Å². The molecule has 0 spiro atoms. The van der Waals surface area contributed by atoms with Crippen molar-refractivity contribution in [3.8, 4) is 0 Å². The molecule has 0 aromatic heterocycles. The molecule has 1 amide bonds. The van der Waals surface area contributed by atoms with Crippen LogP contribution < -0.4 is 4.90 Å². The summed E-state index contributed by atoms with van der Waals surface area (Å²) in [4.78, 5) is 25.0. The summed E-state index contributed by atoms with van der Waals surface area (Å²) in [5, 5.41) is 8.80. The number of hydrogen-bond donors (Lipinski definition) is 1. The molecule has 0 fully saturated rings. The Hall–Kier alpha value is -1.49. The van der Waals surface area contributed by atoms with Gasteiger partial charge in [-0.3, -0.25) is 9.59 Å². The zero-order valence-electron chi connectivity index (χ0n) is 10.3. The maximum atomic E-state index is 11.5. The molecule has 0 aliphatic carbocycles. The summed E-state index contributed by atoms with van der Waals surface area (Å²) in [6, 6.07) is 5.80. The van der Waals surface area contributed by atoms with E-state index in [0.717, 1.165) is 16.1 Å². The number of carboxylic acids is 1. The molecule has 96 valence electrons. The number of thioether (sulfide) groups is 1. The van der Waals surface area contributed by atoms with Crippen molar-refractivity contribution in [1.29, 1.82) is 0 Å². The Labute approximate surface area is 110 Å². The highest BCUT2D eigenvalue weighted by atomic mass is 32.2. The first-order valence-corrected chi connectivity index (χ1v) is 6.72. The van der Waals surface area contributed by atoms with E-state index in [1.165, 1.54) is 11.8 Å². The van der Waals surface area contributed by atoms with Crippen LogP contribution in [0.15, 0.2) is 23.1 Å². The van der Waals surface area contributed by atoms with E-state index in [0.29, 0.717) is 5.75 Å². The number of anilines is 1. The van der Waals surface area contributed by atoms with Crippen molar-refractivity contribution in [1.82, 2.24) is 0 Å². The van der Waals surface area contributed by atoms with Crippen LogP contribution in [-0.4, -0.2) is 29.8 Å². The minimum absolute atomic E-state index is 0.0173. The third kappa shape index (κ3) is 2.51. The molecule has 1 aromatic carbocycles. The largest absolute Gasteiger partial charge is 0.481 e. The number of benzene rings is 1. The molecular formula is C13H15NO3S. The maximum absolute atomic E-state index is 11.5. The highest BCUT2D eigenvalue weighted by Gasteiger charge is 2.22. The van der Waals surface area contributed by atoms with Gasteiger partial charge in [-0.15, -0.1) is 11.8 Å². The summed E-state index contributed by atoms with van der Waals surface area (Å²) in [5.74, 6) is -0.268. The van der Waals surface area contributed by atoms with Crippen LogP contribution in [0.1, 0.15) is 24.8 Å². The molecule has 5 heteroatoms. The van der Waals surface area contributed by atoms with Crippen molar-refractivity contribution in [2.24, 2.45) is 0 Å². The van der Waals surface area contributed by atoms with Crippen molar-refractivity contribution < 1.29 is 14.7 Å². The molecule has 0 saturated heterocycles. The lowest BCUT2D eigenvalue weighted by molar-refractivity contribution is -0.137. The van der Waals surface area contributed by atoms with E-state index < -0.39 is 5.97 Å². The minimum atomic E-state index is -0.792. The Kier molecular flexibility index (Phi) is 3.61. The maximum Gasteiger partial charge on any atom is 0.303 e. The lowest BCUT2D eigenvalue weighted by Crippen LogP contribution is -2.31. The molecular weight excluding hydrogens is 250 g/mol. The predicted molar refractivity (Wildman–Crippen MR) is 71.2 cm³/mol. The van der Waals surface area contributed by atoms with Crippen molar-refractivity contribution in [2.75, 3.05) is 17.7 Å². The van der Waals surface area contributed by atoms with Crippen LogP contribution in [0.2, 0.25) is 0 Å². The molecule has 18 heavy (non-hydrogen) atoms. The SMILES string of the molecule is CC(CC(=O)O)c1ccc2c(c1)SCC(=O)N2C. The quantitative estimate of drug-likeness (QED) is 0.911. The fourth-order valence-corrected chi connectivity index (χ4v) is 3.03. The van der Waals surface area contributed by atoms with Gasteiger partial charge < -0.3 is 10.0 Å². The Bertz CT molecular complexity index is 501. The zero-order valence-corrected chi connectivity index (χ0v) is 11.2. The number of fused-ring (bicyclic) bond motifs is 1. The average Bonchev–Trinajstić information content (AvgIpc) is 2.32. The number of hydrogen-bond acceptors (Lipinski definition) is 3. The van der Waals surface area contributed by atoms with Gasteiger partial charge in [-0.25, -0.2) is 0 Å². The van der Waals surface area contributed by atoms with E-state index in [4.69, 9.17) is 5.11 Å². The number of carbonyl (C=O) groups is 2. The van der Waals surface area contributed by atoms with Gasteiger partial charge in [0, 0.05) is 11.9 Å². The average molecular weight is 265 g/mol. The summed E-state index contributed by atoms with van der Waals surface area (Å²) in [7, 11) is 1.77. The zero-order chi connectivity index (χ0) is 13.3. The van der Waals surface area contributed by atoms with Crippen LogP contribution in [0, 0.1) is 0 Å². The molecule has 0 bridgehead atoms. The number of carbonyl (C=O) groups excluding carboxylic acids is 1. The van der Waals surface area contributed by atoms with Gasteiger partial charge in [0.15, 0.2) is 0 Å². The summed E-state index contributed by atoms with van der Waals surface area (Å²) in [6.07, 6.45) is 0.123. The number of aliphatic carboxylic acids is 1. The standard InChI is InChI=1S/C13H15NO3S/c1-8(5-13(16)17)9-3-4-10-11(6-9)18-7-12(15)14(10)2/h3-4,6,8H,5,7H2,1-2H3,(H,16,17). The minimum Gasteiger partial charge on any atom is -0.481 e. The van der Waals surface area contributed by atoms with Crippen molar-refractivity contribution >= 4 is 29.3 Å². The summed E-state index contributed by atoms with van der Waals surface area (Å²) in [6.45, 7) is 1.90. The Balaban J connectivity index is 2.28. The van der Waals surface area contributed by atoms with Gasteiger partial charge in [0.25, 0.3) is 0 Å². The van der Waals surface area contributed by atoms with Crippen molar-refractivity contribution in [3.05, 3.63) is 23.8 Å². The third-order valence-corrected chi connectivity index (χ3v) is 4.15. The fraction of sp³-hybridized carbons (Fsp3) is 0.385. The molecule has 4 nitrogen and oxygen atoms in total. The van der Waals surface area contributed by atoms with Gasteiger partial charge in [0.05, 0.1) is 17.9 Å². The lowest BCUT2D eigenvalue weighted by Gasteiger charge is -2.26. The summed E-state index contributed by atoms with van der Waals surface area (Å²) >= 11 is 1.51. The summed E-state index contributed by atoms with van der Waals surface area (Å²) < 4.78 is 0. The summed E-state index contributed by atoms with van der Waals surface area (Å²) in [5.41, 5.74) is 1.91. The Morgan fingerprint density at radius 3 is 2.94 bits per heavy atom. The molecule has 2 rings (SSSR count). The van der Waals surface area contributed by atoms with Gasteiger partial charge in [-0.05, 0) is 23.6 Å². The normalized spacial score (nSPS) is 16.3. The monoisotopic (exact) mass is 265 g/mol. The second kappa shape index (κ2) is 5.02. The van der Waals surface area contributed by atoms with Crippen LogP contribution in [0.3, 0.4) is 0 Å². The molecule has 1 aromatic rings. The number of rotatable bonds is 3. The van der Waals surface area contributed by atoms with Crippen molar-refractivity contribution in [3.63, 3.8) is 0 Å². The van der Waals surface area contributed by atoms with Crippen LogP contribution in [0.4, 0.5) is 5.69 Å². The number of nitrogens with zero attached hydrogens (tertiary/aromatic N) is 1. The fourth-order valence-electron chi connectivity index (χ4n) is 1.98. The lowest BCUT2D eigenvalue weighted by atomic mass is 9.97. The molecule has 1 heterocycles. The number of carboxylic acid groups (broad SMARTS) is 1. The van der Waals surface area contributed by atoms with Gasteiger partial charge in [0.1, 0.15) is 0 Å². The van der Waals surface area contributed by atoms with Gasteiger partial charge in [-0.1, -0.05) is 13.0 Å². The molecule has 0 saturated carbocycles. The predicted octanol–water partition coefficient (Wildman–Crippen LogP) is 2.33. The molecule has 1 unspecified atom stereocenters. The van der Waals surface area contributed by atoms with Gasteiger partial charge in [0.2, 0.25) is 5.91 Å². The second-order valence-electron chi connectivity index (χ2n) is 4.47. The first-order valence-electron chi connectivity index (χ1n) is 5.74. The highest BCUT2D eigenvalue weighted by molar-refractivity contribution is 8.00. The van der Waals surface area contributed by atoms with Crippen LogP contribution >= 0.6 is 11.8 Å². The Morgan fingerprint density at radius 2 is 2.28 bits per heavy atom. The second-order valence-corrected chi connectivity index (χ2v) is 5.48. The molecule has 0 radical (unpaired) electrons. The highest BCUT2D eigenvalue weighted by Crippen LogP contribution is 2.36. The van der Waals surface area contributed by atoms with E-state index in [1.807, 2.05) is 25.1 Å². The van der Waals surface area contributed by atoms with Crippen LogP contribution in [0.5, 0.6) is 0 Å². The molecule has 1 N–H and O–H groups in total. The van der Waals surface area contributed by atoms with E-state index in [-0.39, 0.29) is 18.2 Å². The molecule has 1 atom stereocenters. The van der Waals surface area contributed by atoms with Crippen LogP contribution in [-0.2, 0) is 9.59 Å². The van der Waals surface area contributed by atoms with Crippen LogP contribution in [0.25, 0.3) is 0 Å². The van der Waals surface area contributed by atoms with Gasteiger partial charge in [-0.2, -0.15) is 0 Å². The molecule has 1 aliphatic rings. The first-order chi connectivity index (χ1) is 8.49. The first kappa shape index (κ1) is 13.0. The van der Waals surface area contributed by atoms with E-state index >= 15 is 0 Å². The van der Waals surface area contributed by atoms with E-state index in [9.17, 15) is 9.59 Å². The number of amides is 1. The van der Waals surface area contributed by atoms with Crippen molar-refractivity contribution in [2.45, 2.75) is 24.2 Å². The van der Waals surface area contributed by atoms with E-state index in [2.05, 4.69) is 0 Å². The smallest absolute Gasteiger partial charge is 0.303 e. The van der Waals surface area contributed by atoms with Gasteiger partial charge >= 0.3 is 5.97 Å². The topological polar surface area (TPSA) is 57.6 Å². The molecule has 1 aliphatic heterocycles. The Morgan fingerprint density at radius 1 is 1.56 bits per heavy atom.